The van der Waals surface area contributed by atoms with E-state index in [0.717, 1.165) is 41.7 Å². The zero-order chi connectivity index (χ0) is 26.8. The molecule has 0 bridgehead atoms. The van der Waals surface area contributed by atoms with E-state index >= 15 is 0 Å². The summed E-state index contributed by atoms with van der Waals surface area (Å²) in [6.45, 7) is 8.38. The molecule has 4 rings (SSSR count). The average Bonchev–Trinajstić information content (AvgIpc) is 2.84. The lowest BCUT2D eigenvalue weighted by Gasteiger charge is -2.36. The number of amides is 1. The Kier molecular flexibility index (Phi) is 7.65. The third-order valence-corrected chi connectivity index (χ3v) is 7.14. The molecule has 0 unspecified atom stereocenters. The highest BCUT2D eigenvalue weighted by atomic mass is 35.5. The molecule has 0 aromatic heterocycles. The SMILES string of the molecule is CC(C)(C)c1ccc(CN(CC(=O)O)C(=O)c2ccc3c(c2)CC[C@](C)(Cc2ccc(Cl)cc2)O3)cc1. The van der Waals surface area contributed by atoms with Gasteiger partial charge in [-0.3, -0.25) is 9.59 Å². The molecule has 0 radical (unpaired) electrons. The zero-order valence-corrected chi connectivity index (χ0v) is 22.6. The third kappa shape index (κ3) is 6.72. The van der Waals surface area contributed by atoms with Crippen molar-refractivity contribution < 1.29 is 19.4 Å². The number of carboxylic acid groups (broad SMARTS) is 1. The lowest BCUT2D eigenvalue weighted by atomic mass is 9.86. The third-order valence-electron chi connectivity index (χ3n) is 6.89. The highest BCUT2D eigenvalue weighted by Gasteiger charge is 2.32. The number of benzene rings is 3. The second-order valence-electron chi connectivity index (χ2n) is 11.2. The van der Waals surface area contributed by atoms with Gasteiger partial charge in [0.15, 0.2) is 0 Å². The molecule has 1 N–H and O–H groups in total. The Morgan fingerprint density at radius 3 is 2.27 bits per heavy atom. The number of hydrogen-bond donors (Lipinski definition) is 1. The summed E-state index contributed by atoms with van der Waals surface area (Å²) < 4.78 is 6.40. The van der Waals surface area contributed by atoms with Crippen LogP contribution in [-0.4, -0.2) is 34.0 Å². The lowest BCUT2D eigenvalue weighted by Crippen LogP contribution is -2.39. The van der Waals surface area contributed by atoms with E-state index in [1.807, 2.05) is 60.7 Å². The van der Waals surface area contributed by atoms with Crippen LogP contribution in [0.15, 0.2) is 66.7 Å². The maximum atomic E-state index is 13.4. The summed E-state index contributed by atoms with van der Waals surface area (Å²) >= 11 is 6.02. The molecule has 1 atom stereocenters. The maximum Gasteiger partial charge on any atom is 0.323 e. The van der Waals surface area contributed by atoms with Crippen molar-refractivity contribution >= 4 is 23.5 Å². The Morgan fingerprint density at radius 2 is 1.65 bits per heavy atom. The second kappa shape index (κ2) is 10.6. The molecule has 1 aliphatic rings. The molecule has 0 spiro atoms. The Hall–Kier alpha value is -3.31. The van der Waals surface area contributed by atoms with E-state index in [0.29, 0.717) is 10.6 Å². The fraction of sp³-hybridized carbons (Fsp3) is 0.355. The van der Waals surface area contributed by atoms with Gasteiger partial charge in [0.1, 0.15) is 17.9 Å². The second-order valence-corrected chi connectivity index (χ2v) is 11.6. The maximum absolute atomic E-state index is 13.4. The lowest BCUT2D eigenvalue weighted by molar-refractivity contribution is -0.137. The van der Waals surface area contributed by atoms with E-state index < -0.39 is 5.97 Å². The van der Waals surface area contributed by atoms with Gasteiger partial charge in [-0.05, 0) is 77.8 Å². The average molecular weight is 520 g/mol. The van der Waals surface area contributed by atoms with Crippen molar-refractivity contribution in [2.45, 2.75) is 64.5 Å². The van der Waals surface area contributed by atoms with Crippen LogP contribution in [0.4, 0.5) is 0 Å². The van der Waals surface area contributed by atoms with Crippen LogP contribution in [0.3, 0.4) is 0 Å². The Morgan fingerprint density at radius 1 is 1.00 bits per heavy atom. The van der Waals surface area contributed by atoms with Gasteiger partial charge in [0, 0.05) is 23.6 Å². The first-order valence-corrected chi connectivity index (χ1v) is 13.0. The van der Waals surface area contributed by atoms with Gasteiger partial charge in [0.25, 0.3) is 5.91 Å². The van der Waals surface area contributed by atoms with Crippen LogP contribution in [0.25, 0.3) is 0 Å². The predicted molar refractivity (Wildman–Crippen MR) is 146 cm³/mol. The molecule has 3 aromatic rings. The molecule has 6 heteroatoms. The number of nitrogens with zero attached hydrogens (tertiary/aromatic N) is 1. The van der Waals surface area contributed by atoms with Gasteiger partial charge in [-0.15, -0.1) is 0 Å². The van der Waals surface area contributed by atoms with Crippen molar-refractivity contribution in [3.8, 4) is 5.75 Å². The number of fused-ring (bicyclic) bond motifs is 1. The number of carbonyl (C=O) groups is 2. The summed E-state index contributed by atoms with van der Waals surface area (Å²) in [5, 5.41) is 10.2. The van der Waals surface area contributed by atoms with Crippen molar-refractivity contribution in [1.82, 2.24) is 4.90 Å². The Balaban J connectivity index is 1.50. The normalized spacial score (nSPS) is 17.0. The largest absolute Gasteiger partial charge is 0.487 e. The van der Waals surface area contributed by atoms with Crippen molar-refractivity contribution in [3.63, 3.8) is 0 Å². The van der Waals surface area contributed by atoms with Crippen LogP contribution in [0.2, 0.25) is 5.02 Å². The molecule has 3 aromatic carbocycles. The fourth-order valence-corrected chi connectivity index (χ4v) is 4.88. The van der Waals surface area contributed by atoms with E-state index in [4.69, 9.17) is 16.3 Å². The van der Waals surface area contributed by atoms with Crippen LogP contribution < -0.4 is 4.74 Å². The molecule has 0 saturated carbocycles. The smallest absolute Gasteiger partial charge is 0.323 e. The van der Waals surface area contributed by atoms with E-state index in [1.165, 1.54) is 10.5 Å². The first kappa shape index (κ1) is 26.7. The number of hydrogen-bond acceptors (Lipinski definition) is 3. The molecule has 5 nitrogen and oxygen atoms in total. The predicted octanol–water partition coefficient (Wildman–Crippen LogP) is 6.69. The molecule has 0 aliphatic carbocycles. The molecule has 37 heavy (non-hydrogen) atoms. The summed E-state index contributed by atoms with van der Waals surface area (Å²) in [7, 11) is 0. The van der Waals surface area contributed by atoms with Crippen molar-refractivity contribution in [1.29, 1.82) is 0 Å². The quantitative estimate of drug-likeness (QED) is 0.377. The monoisotopic (exact) mass is 519 g/mol. The van der Waals surface area contributed by atoms with E-state index in [-0.39, 0.29) is 30.0 Å². The van der Waals surface area contributed by atoms with Crippen LogP contribution in [0.5, 0.6) is 5.75 Å². The van der Waals surface area contributed by atoms with Crippen LogP contribution in [-0.2, 0) is 29.6 Å². The van der Waals surface area contributed by atoms with Crippen molar-refractivity contribution in [2.24, 2.45) is 0 Å². The molecular weight excluding hydrogens is 486 g/mol. The van der Waals surface area contributed by atoms with E-state index in [2.05, 4.69) is 27.7 Å². The number of aliphatic carboxylic acids is 1. The summed E-state index contributed by atoms with van der Waals surface area (Å²) in [5.74, 6) is -0.583. The number of ether oxygens (including phenoxy) is 1. The van der Waals surface area contributed by atoms with Crippen LogP contribution >= 0.6 is 11.6 Å². The molecule has 1 amide bonds. The topological polar surface area (TPSA) is 66.8 Å². The van der Waals surface area contributed by atoms with Gasteiger partial charge in [-0.2, -0.15) is 0 Å². The highest BCUT2D eigenvalue weighted by Crippen LogP contribution is 2.36. The summed E-state index contributed by atoms with van der Waals surface area (Å²) in [6.07, 6.45) is 2.33. The molecule has 1 aliphatic heterocycles. The van der Waals surface area contributed by atoms with Gasteiger partial charge >= 0.3 is 5.97 Å². The van der Waals surface area contributed by atoms with Gasteiger partial charge < -0.3 is 14.7 Å². The fourth-order valence-electron chi connectivity index (χ4n) is 4.76. The van der Waals surface area contributed by atoms with Crippen LogP contribution in [0, 0.1) is 0 Å². The molecular formula is C31H34ClNO4. The summed E-state index contributed by atoms with van der Waals surface area (Å²) in [6, 6.07) is 21.2. The van der Waals surface area contributed by atoms with Gasteiger partial charge in [-0.25, -0.2) is 0 Å². The molecule has 0 fully saturated rings. The van der Waals surface area contributed by atoms with Gasteiger partial charge in [0.05, 0.1) is 0 Å². The standard InChI is InChI=1S/C31H34ClNO4/c1-30(2,3)25-10-5-22(6-11-25)19-33(20-28(34)35)29(36)24-9-14-27-23(17-24)15-16-31(4,37-27)18-21-7-12-26(32)13-8-21/h5-14,17H,15-16,18-20H2,1-4H3,(H,34,35)/t31-/m1/s1. The van der Waals surface area contributed by atoms with Crippen molar-refractivity contribution in [2.75, 3.05) is 6.54 Å². The van der Waals surface area contributed by atoms with Crippen molar-refractivity contribution in [3.05, 3.63) is 99.6 Å². The minimum Gasteiger partial charge on any atom is -0.487 e. The molecule has 0 saturated heterocycles. The molecule has 1 heterocycles. The summed E-state index contributed by atoms with van der Waals surface area (Å²) in [5.41, 5.74) is 4.32. The van der Waals surface area contributed by atoms with Gasteiger partial charge in [0.2, 0.25) is 0 Å². The minimum absolute atomic E-state index is 0.0190. The zero-order valence-electron chi connectivity index (χ0n) is 21.9. The number of halogens is 1. The number of rotatable bonds is 7. The van der Waals surface area contributed by atoms with E-state index in [9.17, 15) is 14.7 Å². The first-order valence-electron chi connectivity index (χ1n) is 12.6. The number of carbonyl (C=O) groups excluding carboxylic acids is 1. The van der Waals surface area contributed by atoms with Crippen LogP contribution in [0.1, 0.15) is 66.7 Å². The Labute approximate surface area is 224 Å². The number of carboxylic acids is 1. The number of aryl methyl sites for hydroxylation is 1. The molecule has 194 valence electrons. The first-order chi connectivity index (χ1) is 17.4. The van der Waals surface area contributed by atoms with E-state index in [1.54, 1.807) is 6.07 Å². The minimum atomic E-state index is -1.04. The highest BCUT2D eigenvalue weighted by molar-refractivity contribution is 6.30. The van der Waals surface area contributed by atoms with Gasteiger partial charge in [-0.1, -0.05) is 68.8 Å². The summed E-state index contributed by atoms with van der Waals surface area (Å²) in [4.78, 5) is 26.4. The Bertz CT molecular complexity index is 1280.